The van der Waals surface area contributed by atoms with Gasteiger partial charge in [-0.2, -0.15) is 0 Å². The number of carbonyl (C=O) groups excluding carboxylic acids is 1. The predicted octanol–water partition coefficient (Wildman–Crippen LogP) is 3.93. The summed E-state index contributed by atoms with van der Waals surface area (Å²) in [5.74, 6) is -0.363. The van der Waals surface area contributed by atoms with Gasteiger partial charge < -0.3 is 15.2 Å². The fourth-order valence-electron chi connectivity index (χ4n) is 1.69. The quantitative estimate of drug-likeness (QED) is 0.781. The summed E-state index contributed by atoms with van der Waals surface area (Å²) in [4.78, 5) is 11.4. The average Bonchev–Trinajstić information content (AvgIpc) is 2.35. The highest BCUT2D eigenvalue weighted by atomic mass is 79.9. The fourth-order valence-corrected chi connectivity index (χ4v) is 2.08. The zero-order valence-electron chi connectivity index (χ0n) is 12.5. The van der Waals surface area contributed by atoms with E-state index in [0.717, 1.165) is 0 Å². The maximum atomic E-state index is 13.1. The van der Waals surface area contributed by atoms with Crippen molar-refractivity contribution in [3.63, 3.8) is 0 Å². The van der Waals surface area contributed by atoms with Crippen LogP contribution in [0.5, 0.6) is 0 Å². The van der Waals surface area contributed by atoms with Gasteiger partial charge in [0, 0.05) is 6.54 Å². The van der Waals surface area contributed by atoms with Crippen molar-refractivity contribution < 1.29 is 19.0 Å². The Bertz CT molecular complexity index is 488. The Kier molecular flexibility index (Phi) is 6.61. The van der Waals surface area contributed by atoms with Crippen LogP contribution in [0, 0.1) is 5.82 Å². The summed E-state index contributed by atoms with van der Waals surface area (Å²) in [5.41, 5.74) is 0.116. The van der Waals surface area contributed by atoms with Crippen molar-refractivity contribution >= 4 is 22.0 Å². The highest BCUT2D eigenvalue weighted by Crippen LogP contribution is 2.23. The summed E-state index contributed by atoms with van der Waals surface area (Å²) in [6.07, 6.45) is -0.104. The molecule has 0 aromatic heterocycles. The molecule has 1 aromatic rings. The maximum Gasteiger partial charge on any atom is 0.407 e. The number of aliphatic hydroxyl groups excluding tert-OH is 1. The van der Waals surface area contributed by atoms with Gasteiger partial charge in [-0.15, -0.1) is 0 Å². The first kappa shape index (κ1) is 17.9. The number of hydrogen-bond donors (Lipinski definition) is 2. The second kappa shape index (κ2) is 7.75. The van der Waals surface area contributed by atoms with Gasteiger partial charge in [-0.3, -0.25) is 0 Å². The van der Waals surface area contributed by atoms with Crippen molar-refractivity contribution in [1.29, 1.82) is 0 Å². The lowest BCUT2D eigenvalue weighted by atomic mass is 10.1. The number of aliphatic hydroxyl groups is 1. The number of hydrogen-bond acceptors (Lipinski definition) is 3. The van der Waals surface area contributed by atoms with Gasteiger partial charge in [0.15, 0.2) is 0 Å². The molecule has 0 radical (unpaired) electrons. The molecular formula is C15H21BrFNO3. The van der Waals surface area contributed by atoms with Gasteiger partial charge >= 0.3 is 6.09 Å². The summed E-state index contributed by atoms with van der Waals surface area (Å²) in [7, 11) is 0. The van der Waals surface area contributed by atoms with Crippen LogP contribution in [0.2, 0.25) is 0 Å². The van der Waals surface area contributed by atoms with E-state index >= 15 is 0 Å². The van der Waals surface area contributed by atoms with E-state index in [0.29, 0.717) is 29.4 Å². The van der Waals surface area contributed by atoms with E-state index in [-0.39, 0.29) is 5.82 Å². The molecule has 1 aromatic carbocycles. The van der Waals surface area contributed by atoms with Crippen molar-refractivity contribution in [2.45, 2.75) is 45.3 Å². The molecule has 118 valence electrons. The van der Waals surface area contributed by atoms with E-state index < -0.39 is 17.8 Å². The van der Waals surface area contributed by atoms with Gasteiger partial charge in [-0.05, 0) is 67.2 Å². The molecule has 0 heterocycles. The Hall–Kier alpha value is -1.14. The van der Waals surface area contributed by atoms with Crippen LogP contribution < -0.4 is 5.32 Å². The Labute approximate surface area is 132 Å². The van der Waals surface area contributed by atoms with Gasteiger partial charge in [-0.1, -0.05) is 6.07 Å². The third-order valence-corrected chi connectivity index (χ3v) is 3.26. The van der Waals surface area contributed by atoms with Crippen LogP contribution in [-0.2, 0) is 4.74 Å². The normalized spacial score (nSPS) is 12.9. The zero-order valence-corrected chi connectivity index (χ0v) is 14.0. The van der Waals surface area contributed by atoms with E-state index in [9.17, 15) is 14.3 Å². The smallest absolute Gasteiger partial charge is 0.407 e. The second-order valence-corrected chi connectivity index (χ2v) is 6.61. The van der Waals surface area contributed by atoms with Crippen LogP contribution >= 0.6 is 15.9 Å². The number of carbonyl (C=O) groups is 1. The average molecular weight is 362 g/mol. The van der Waals surface area contributed by atoms with Crippen molar-refractivity contribution in [2.75, 3.05) is 6.54 Å². The SMILES string of the molecule is CC(C)(C)OC(=O)NCCCC(O)c1ccc(F)c(Br)c1. The monoisotopic (exact) mass is 361 g/mol. The lowest BCUT2D eigenvalue weighted by Gasteiger charge is -2.19. The molecule has 0 fully saturated rings. The summed E-state index contributed by atoms with van der Waals surface area (Å²) in [5, 5.41) is 12.6. The minimum Gasteiger partial charge on any atom is -0.444 e. The molecule has 0 bridgehead atoms. The third-order valence-electron chi connectivity index (χ3n) is 2.65. The summed E-state index contributed by atoms with van der Waals surface area (Å²) in [6.45, 7) is 5.79. The molecule has 0 saturated carbocycles. The summed E-state index contributed by atoms with van der Waals surface area (Å²) < 4.78 is 18.5. The second-order valence-electron chi connectivity index (χ2n) is 5.76. The van der Waals surface area contributed by atoms with Crippen LogP contribution in [0.3, 0.4) is 0 Å². The zero-order chi connectivity index (χ0) is 16.0. The molecular weight excluding hydrogens is 341 g/mol. The molecule has 0 aliphatic rings. The number of amides is 1. The van der Waals surface area contributed by atoms with Gasteiger partial charge in [-0.25, -0.2) is 9.18 Å². The first-order valence-electron chi connectivity index (χ1n) is 6.79. The number of benzene rings is 1. The maximum absolute atomic E-state index is 13.1. The molecule has 21 heavy (non-hydrogen) atoms. The number of ether oxygens (including phenoxy) is 1. The van der Waals surface area contributed by atoms with E-state index in [1.807, 2.05) is 0 Å². The van der Waals surface area contributed by atoms with Crippen LogP contribution in [0.1, 0.15) is 45.3 Å². The van der Waals surface area contributed by atoms with Crippen LogP contribution in [0.25, 0.3) is 0 Å². The summed E-state index contributed by atoms with van der Waals surface area (Å²) >= 11 is 3.08. The van der Waals surface area contributed by atoms with E-state index in [4.69, 9.17) is 4.74 Å². The number of rotatable bonds is 5. The van der Waals surface area contributed by atoms with Crippen LogP contribution in [-0.4, -0.2) is 23.3 Å². The Morgan fingerprint density at radius 1 is 1.48 bits per heavy atom. The molecule has 1 amide bonds. The number of alkyl carbamates (subject to hydrolysis) is 1. The molecule has 0 spiro atoms. The molecule has 0 saturated heterocycles. The number of halogens is 2. The number of nitrogens with one attached hydrogen (secondary N) is 1. The van der Waals surface area contributed by atoms with E-state index in [1.165, 1.54) is 6.07 Å². The molecule has 0 aliphatic carbocycles. The van der Waals surface area contributed by atoms with Crippen molar-refractivity contribution in [3.8, 4) is 0 Å². The highest BCUT2D eigenvalue weighted by Gasteiger charge is 2.16. The predicted molar refractivity (Wildman–Crippen MR) is 82.5 cm³/mol. The molecule has 1 rings (SSSR count). The molecule has 4 nitrogen and oxygen atoms in total. The topological polar surface area (TPSA) is 58.6 Å². The van der Waals surface area contributed by atoms with Gasteiger partial charge in [0.25, 0.3) is 0 Å². The summed E-state index contributed by atoms with van der Waals surface area (Å²) in [6, 6.07) is 4.41. The Morgan fingerprint density at radius 2 is 2.14 bits per heavy atom. The largest absolute Gasteiger partial charge is 0.444 e. The lowest BCUT2D eigenvalue weighted by molar-refractivity contribution is 0.0523. The standard InChI is InChI=1S/C15H21BrFNO3/c1-15(2,3)21-14(20)18-8-4-5-13(19)10-6-7-12(17)11(16)9-10/h6-7,9,13,19H,4-5,8H2,1-3H3,(H,18,20). The van der Waals surface area contributed by atoms with Crippen molar-refractivity contribution in [3.05, 3.63) is 34.1 Å². The Morgan fingerprint density at radius 3 is 2.71 bits per heavy atom. The van der Waals surface area contributed by atoms with Gasteiger partial charge in [0.2, 0.25) is 0 Å². The van der Waals surface area contributed by atoms with Crippen molar-refractivity contribution in [1.82, 2.24) is 5.32 Å². The Balaban J connectivity index is 2.32. The molecule has 6 heteroatoms. The van der Waals surface area contributed by atoms with Gasteiger partial charge in [0.05, 0.1) is 10.6 Å². The molecule has 0 aliphatic heterocycles. The van der Waals surface area contributed by atoms with Crippen LogP contribution in [0.15, 0.2) is 22.7 Å². The molecule has 1 atom stereocenters. The van der Waals surface area contributed by atoms with E-state index in [1.54, 1.807) is 32.9 Å². The first-order chi connectivity index (χ1) is 9.69. The highest BCUT2D eigenvalue weighted by molar-refractivity contribution is 9.10. The minimum atomic E-state index is -0.692. The lowest BCUT2D eigenvalue weighted by Crippen LogP contribution is -2.33. The first-order valence-corrected chi connectivity index (χ1v) is 7.58. The van der Waals surface area contributed by atoms with Crippen molar-refractivity contribution in [2.24, 2.45) is 0 Å². The van der Waals surface area contributed by atoms with Crippen LogP contribution in [0.4, 0.5) is 9.18 Å². The van der Waals surface area contributed by atoms with Gasteiger partial charge in [0.1, 0.15) is 11.4 Å². The molecule has 2 N–H and O–H groups in total. The molecule has 1 unspecified atom stereocenters. The van der Waals surface area contributed by atoms with E-state index in [2.05, 4.69) is 21.2 Å². The minimum absolute atomic E-state index is 0.325. The third kappa shape index (κ3) is 6.91. The fraction of sp³-hybridized carbons (Fsp3) is 0.533.